The van der Waals surface area contributed by atoms with Gasteiger partial charge in [0.15, 0.2) is 17.6 Å². The van der Waals surface area contributed by atoms with Gasteiger partial charge in [-0.2, -0.15) is 9.37 Å². The number of nitrogens with one attached hydrogen (secondary N) is 1. The highest BCUT2D eigenvalue weighted by Gasteiger charge is 2.34. The van der Waals surface area contributed by atoms with Crippen molar-refractivity contribution in [1.29, 1.82) is 0 Å². The number of hydrogen-bond acceptors (Lipinski definition) is 9. The average Bonchev–Trinajstić information content (AvgIpc) is 2.81. The van der Waals surface area contributed by atoms with E-state index in [2.05, 4.69) is 25.2 Å². The third kappa shape index (κ3) is 5.81. The standard InChI is InChI=1S/C22H28F2N8O/c23-18-15-29-20(24)30-19(18)28-14-17-3-1-16(2-4-17)13-22(26)5-6-27-21(25)32(22)8-7-31-9-11-33-12-10-31/h1-6,15H,7-14,26H2,(H2,25,27)(H,28,29,30). The van der Waals surface area contributed by atoms with Crippen molar-refractivity contribution in [3.05, 3.63) is 65.8 Å². The molecule has 9 nitrogen and oxygen atoms in total. The van der Waals surface area contributed by atoms with E-state index in [-0.39, 0.29) is 12.4 Å². The van der Waals surface area contributed by atoms with Gasteiger partial charge in [-0.3, -0.25) is 4.90 Å². The second-order valence-electron chi connectivity index (χ2n) is 8.08. The fourth-order valence-corrected chi connectivity index (χ4v) is 3.92. The number of aliphatic imine (C=N–C) groups is 1. The van der Waals surface area contributed by atoms with E-state index in [1.54, 1.807) is 6.20 Å². The van der Waals surface area contributed by atoms with Crippen LogP contribution in [-0.4, -0.2) is 70.8 Å². The SMILES string of the molecule is NC1=NC=CC(N)(Cc2ccc(CNc3nc(F)ncc3F)cc2)N1CCN1CCOCC1. The van der Waals surface area contributed by atoms with Crippen LogP contribution >= 0.6 is 0 Å². The number of rotatable bonds is 8. The zero-order chi connectivity index (χ0) is 23.3. The fourth-order valence-electron chi connectivity index (χ4n) is 3.92. The normalized spacial score (nSPS) is 21.2. The molecule has 1 unspecified atom stereocenters. The van der Waals surface area contributed by atoms with Crippen molar-refractivity contribution < 1.29 is 13.5 Å². The summed E-state index contributed by atoms with van der Waals surface area (Å²) in [5.41, 5.74) is 14.1. The molecule has 3 heterocycles. The van der Waals surface area contributed by atoms with Crippen molar-refractivity contribution in [2.75, 3.05) is 44.7 Å². The molecule has 0 saturated carbocycles. The van der Waals surface area contributed by atoms with Gasteiger partial charge >= 0.3 is 6.08 Å². The van der Waals surface area contributed by atoms with E-state index in [4.69, 9.17) is 16.2 Å². The van der Waals surface area contributed by atoms with Gasteiger partial charge in [-0.25, -0.2) is 14.4 Å². The number of hydrogen-bond donors (Lipinski definition) is 3. The highest BCUT2D eigenvalue weighted by molar-refractivity contribution is 5.80. The van der Waals surface area contributed by atoms with Crippen LogP contribution < -0.4 is 16.8 Å². The first-order chi connectivity index (χ1) is 15.9. The lowest BCUT2D eigenvalue weighted by Gasteiger charge is -2.42. The molecule has 5 N–H and O–H groups in total. The maximum atomic E-state index is 13.7. The summed E-state index contributed by atoms with van der Waals surface area (Å²) in [7, 11) is 0. The number of halogens is 2. The second-order valence-corrected chi connectivity index (χ2v) is 8.08. The van der Waals surface area contributed by atoms with Crippen molar-refractivity contribution in [3.8, 4) is 0 Å². The van der Waals surface area contributed by atoms with Crippen LogP contribution in [0.2, 0.25) is 0 Å². The highest BCUT2D eigenvalue weighted by Crippen LogP contribution is 2.22. The molecule has 0 amide bonds. The van der Waals surface area contributed by atoms with Crippen LogP contribution in [0, 0.1) is 11.9 Å². The largest absolute Gasteiger partial charge is 0.379 e. The molecule has 0 aliphatic carbocycles. The van der Waals surface area contributed by atoms with Gasteiger partial charge in [0.05, 0.1) is 19.4 Å². The number of nitrogens with zero attached hydrogens (tertiary/aromatic N) is 5. The van der Waals surface area contributed by atoms with E-state index in [9.17, 15) is 8.78 Å². The van der Waals surface area contributed by atoms with Crippen molar-refractivity contribution in [3.63, 3.8) is 0 Å². The Kier molecular flexibility index (Phi) is 7.11. The molecule has 1 aromatic carbocycles. The molecule has 176 valence electrons. The van der Waals surface area contributed by atoms with E-state index >= 15 is 0 Å². The molecular formula is C22H28F2N8O. The summed E-state index contributed by atoms with van der Waals surface area (Å²) in [5, 5.41) is 2.78. The van der Waals surface area contributed by atoms with E-state index in [0.717, 1.165) is 50.2 Å². The lowest BCUT2D eigenvalue weighted by Crippen LogP contribution is -2.63. The van der Waals surface area contributed by atoms with E-state index < -0.39 is 17.6 Å². The zero-order valence-electron chi connectivity index (χ0n) is 18.3. The molecule has 1 aromatic heterocycles. The molecule has 11 heteroatoms. The molecule has 0 bridgehead atoms. The van der Waals surface area contributed by atoms with Crippen molar-refractivity contribution in [2.45, 2.75) is 18.6 Å². The van der Waals surface area contributed by atoms with Gasteiger partial charge in [0.2, 0.25) is 0 Å². The lowest BCUT2D eigenvalue weighted by molar-refractivity contribution is 0.0330. The third-order valence-corrected chi connectivity index (χ3v) is 5.78. The molecule has 33 heavy (non-hydrogen) atoms. The molecular weight excluding hydrogens is 430 g/mol. The Morgan fingerprint density at radius 1 is 1.09 bits per heavy atom. The first-order valence-electron chi connectivity index (χ1n) is 10.8. The average molecular weight is 459 g/mol. The van der Waals surface area contributed by atoms with Crippen LogP contribution in [0.4, 0.5) is 14.6 Å². The predicted molar refractivity (Wildman–Crippen MR) is 121 cm³/mol. The molecule has 1 atom stereocenters. The monoisotopic (exact) mass is 458 g/mol. The Morgan fingerprint density at radius 3 is 2.58 bits per heavy atom. The highest BCUT2D eigenvalue weighted by atomic mass is 19.1. The van der Waals surface area contributed by atoms with Gasteiger partial charge in [-0.05, 0) is 17.2 Å². The summed E-state index contributed by atoms with van der Waals surface area (Å²) in [6.45, 7) is 5.00. The Labute approximate surface area is 191 Å². The maximum Gasteiger partial charge on any atom is 0.310 e. The molecule has 4 rings (SSSR count). The summed E-state index contributed by atoms with van der Waals surface area (Å²) in [5.74, 6) is -0.489. The van der Waals surface area contributed by atoms with E-state index in [1.807, 2.05) is 35.2 Å². The zero-order valence-corrected chi connectivity index (χ0v) is 18.3. The van der Waals surface area contributed by atoms with Crippen LogP contribution in [0.3, 0.4) is 0 Å². The van der Waals surface area contributed by atoms with E-state index in [0.29, 0.717) is 18.9 Å². The van der Waals surface area contributed by atoms with Crippen LogP contribution in [0.5, 0.6) is 0 Å². The number of benzene rings is 1. The van der Waals surface area contributed by atoms with Crippen molar-refractivity contribution in [1.82, 2.24) is 19.8 Å². The topological polar surface area (TPSA) is 118 Å². The Morgan fingerprint density at radius 2 is 1.82 bits per heavy atom. The lowest BCUT2D eigenvalue weighted by atomic mass is 9.96. The van der Waals surface area contributed by atoms with Gasteiger partial charge in [-0.15, -0.1) is 0 Å². The minimum atomic E-state index is -0.982. The van der Waals surface area contributed by atoms with Crippen LogP contribution in [0.25, 0.3) is 0 Å². The van der Waals surface area contributed by atoms with Gasteiger partial charge in [0, 0.05) is 45.3 Å². The van der Waals surface area contributed by atoms with Gasteiger partial charge in [-0.1, -0.05) is 24.3 Å². The van der Waals surface area contributed by atoms with Crippen LogP contribution in [-0.2, 0) is 17.7 Å². The first-order valence-corrected chi connectivity index (χ1v) is 10.8. The fraction of sp³-hybridized carbons (Fsp3) is 0.409. The molecule has 2 aliphatic rings. The second kappa shape index (κ2) is 10.2. The van der Waals surface area contributed by atoms with Crippen LogP contribution in [0.15, 0.2) is 47.7 Å². The van der Waals surface area contributed by atoms with Gasteiger partial charge in [0.1, 0.15) is 5.66 Å². The Balaban J connectivity index is 1.38. The van der Waals surface area contributed by atoms with E-state index in [1.165, 1.54) is 0 Å². The summed E-state index contributed by atoms with van der Waals surface area (Å²) >= 11 is 0. The molecule has 0 radical (unpaired) electrons. The number of anilines is 1. The van der Waals surface area contributed by atoms with Crippen LogP contribution in [0.1, 0.15) is 11.1 Å². The minimum absolute atomic E-state index is 0.175. The molecule has 0 spiro atoms. The third-order valence-electron chi connectivity index (χ3n) is 5.78. The molecule has 1 saturated heterocycles. The molecule has 1 fully saturated rings. The molecule has 2 aromatic rings. The number of guanidine groups is 1. The maximum absolute atomic E-state index is 13.7. The summed E-state index contributed by atoms with van der Waals surface area (Å²) in [4.78, 5) is 15.1. The summed E-state index contributed by atoms with van der Waals surface area (Å²) in [6, 6.07) is 7.73. The van der Waals surface area contributed by atoms with Gasteiger partial charge < -0.3 is 26.4 Å². The predicted octanol–water partition coefficient (Wildman–Crippen LogP) is 1.04. The Bertz CT molecular complexity index is 1010. The number of morpholine rings is 1. The molecule has 2 aliphatic heterocycles. The summed E-state index contributed by atoms with van der Waals surface area (Å²) in [6.07, 6.45) is 3.86. The Hall–Kier alpha value is -3.15. The number of nitrogens with two attached hydrogens (primary N) is 2. The summed E-state index contributed by atoms with van der Waals surface area (Å²) < 4.78 is 32.2. The minimum Gasteiger partial charge on any atom is -0.379 e. The first kappa shape index (κ1) is 23.0. The van der Waals surface area contributed by atoms with Crippen molar-refractivity contribution in [2.24, 2.45) is 16.5 Å². The van der Waals surface area contributed by atoms with Gasteiger partial charge in [0.25, 0.3) is 0 Å². The quantitative estimate of drug-likeness (QED) is 0.503. The van der Waals surface area contributed by atoms with Crippen molar-refractivity contribution >= 4 is 11.8 Å². The smallest absolute Gasteiger partial charge is 0.310 e. The number of aromatic nitrogens is 2. The number of ether oxygens (including phenoxy) is 1.